The summed E-state index contributed by atoms with van der Waals surface area (Å²) in [6.45, 7) is 1.51. The minimum atomic E-state index is -0.320. The van der Waals surface area contributed by atoms with Crippen molar-refractivity contribution in [3.8, 4) is 5.75 Å². The molecule has 1 aromatic carbocycles. The van der Waals surface area contributed by atoms with Crippen molar-refractivity contribution in [3.05, 3.63) is 63.5 Å². The number of nitrogens with zero attached hydrogens (tertiary/aromatic N) is 1. The number of hydrogen-bond acceptors (Lipinski definition) is 4. The van der Waals surface area contributed by atoms with E-state index in [1.807, 2.05) is 12.1 Å². The van der Waals surface area contributed by atoms with Gasteiger partial charge in [-0.3, -0.25) is 14.4 Å². The van der Waals surface area contributed by atoms with Gasteiger partial charge in [0.05, 0.1) is 5.56 Å². The highest BCUT2D eigenvalue weighted by Gasteiger charge is 2.23. The normalized spacial score (nSPS) is 14.5. The fraction of sp³-hybridized carbons (Fsp3) is 0.350. The summed E-state index contributed by atoms with van der Waals surface area (Å²) < 4.78 is 5.93. The number of H-pyrrole nitrogens is 1. The number of carbonyl (C=O) groups is 2. The van der Waals surface area contributed by atoms with Gasteiger partial charge in [0.25, 0.3) is 5.91 Å². The number of hydrogen-bond donors (Lipinski definition) is 2. The summed E-state index contributed by atoms with van der Waals surface area (Å²) in [5.74, 6) is 0.463. The Morgan fingerprint density at radius 2 is 1.86 bits per heavy atom. The minimum absolute atomic E-state index is 0.00621. The topological polar surface area (TPSA) is 91.5 Å². The van der Waals surface area contributed by atoms with Crippen molar-refractivity contribution >= 4 is 23.4 Å². The van der Waals surface area contributed by atoms with E-state index in [9.17, 15) is 14.4 Å². The zero-order valence-corrected chi connectivity index (χ0v) is 16.1. The molecule has 1 aliphatic heterocycles. The van der Waals surface area contributed by atoms with Gasteiger partial charge in [-0.15, -0.1) is 0 Å². The highest BCUT2D eigenvalue weighted by Crippen LogP contribution is 2.21. The van der Waals surface area contributed by atoms with Crippen LogP contribution < -0.4 is 15.6 Å². The first-order valence-corrected chi connectivity index (χ1v) is 9.56. The second-order valence-electron chi connectivity index (χ2n) is 6.60. The quantitative estimate of drug-likeness (QED) is 0.773. The summed E-state index contributed by atoms with van der Waals surface area (Å²) in [5.41, 5.74) is 0.0855. The van der Waals surface area contributed by atoms with Gasteiger partial charge in [0.15, 0.2) is 0 Å². The number of pyridine rings is 1. The first kappa shape index (κ1) is 19.9. The molecule has 7 nitrogen and oxygen atoms in total. The lowest BCUT2D eigenvalue weighted by Crippen LogP contribution is -2.42. The largest absolute Gasteiger partial charge is 0.490 e. The third kappa shape index (κ3) is 5.60. The molecule has 0 radical (unpaired) electrons. The summed E-state index contributed by atoms with van der Waals surface area (Å²) >= 11 is 5.87. The zero-order chi connectivity index (χ0) is 19.9. The van der Waals surface area contributed by atoms with Crippen molar-refractivity contribution in [3.63, 3.8) is 0 Å². The molecule has 3 rings (SSSR count). The minimum Gasteiger partial charge on any atom is -0.490 e. The van der Waals surface area contributed by atoms with Crippen LogP contribution in [0.5, 0.6) is 5.75 Å². The maximum Gasteiger partial charge on any atom is 0.252 e. The lowest BCUT2D eigenvalue weighted by atomic mass is 10.1. The van der Waals surface area contributed by atoms with Crippen molar-refractivity contribution in [2.45, 2.75) is 25.4 Å². The molecule has 0 unspecified atom stereocenters. The molecule has 0 aliphatic carbocycles. The van der Waals surface area contributed by atoms with Crippen LogP contribution in [0.1, 0.15) is 29.6 Å². The predicted octanol–water partition coefficient (Wildman–Crippen LogP) is 2.22. The second-order valence-corrected chi connectivity index (χ2v) is 7.04. The Kier molecular flexibility index (Phi) is 6.71. The molecule has 148 valence electrons. The van der Waals surface area contributed by atoms with Gasteiger partial charge < -0.3 is 19.9 Å². The molecule has 0 saturated carbocycles. The van der Waals surface area contributed by atoms with Gasteiger partial charge in [-0.25, -0.2) is 0 Å². The van der Waals surface area contributed by atoms with E-state index in [1.165, 1.54) is 18.3 Å². The number of halogens is 1. The number of ether oxygens (including phenoxy) is 1. The number of likely N-dealkylation sites (tertiary alicyclic amines) is 1. The number of aromatic nitrogens is 1. The van der Waals surface area contributed by atoms with E-state index in [-0.39, 0.29) is 36.4 Å². The third-order valence-corrected chi connectivity index (χ3v) is 4.83. The van der Waals surface area contributed by atoms with Crippen molar-refractivity contribution in [2.24, 2.45) is 0 Å². The SMILES string of the molecule is O=C(NCCC(=O)N1CCC(Oc2ccc(Cl)cc2)CC1)c1ccc(=O)[nH]c1. The molecular weight excluding hydrogens is 382 g/mol. The molecule has 1 fully saturated rings. The summed E-state index contributed by atoms with van der Waals surface area (Å²) in [6.07, 6.45) is 3.18. The fourth-order valence-corrected chi connectivity index (χ4v) is 3.15. The van der Waals surface area contributed by atoms with Crippen molar-refractivity contribution in [1.29, 1.82) is 0 Å². The first-order chi connectivity index (χ1) is 13.5. The van der Waals surface area contributed by atoms with E-state index in [0.29, 0.717) is 23.7 Å². The molecular formula is C20H22ClN3O4. The molecule has 28 heavy (non-hydrogen) atoms. The van der Waals surface area contributed by atoms with Crippen LogP contribution in [0.25, 0.3) is 0 Å². The van der Waals surface area contributed by atoms with Crippen LogP contribution in [0.2, 0.25) is 5.02 Å². The Labute approximate surface area is 167 Å². The van der Waals surface area contributed by atoms with Crippen LogP contribution in [0, 0.1) is 0 Å². The monoisotopic (exact) mass is 403 g/mol. The van der Waals surface area contributed by atoms with Crippen molar-refractivity contribution in [1.82, 2.24) is 15.2 Å². The lowest BCUT2D eigenvalue weighted by molar-refractivity contribution is -0.132. The molecule has 1 aromatic heterocycles. The summed E-state index contributed by atoms with van der Waals surface area (Å²) in [7, 11) is 0. The van der Waals surface area contributed by atoms with Gasteiger partial charge in [-0.2, -0.15) is 0 Å². The molecule has 2 aromatic rings. The Balaban J connectivity index is 1.37. The van der Waals surface area contributed by atoms with Gasteiger partial charge in [-0.05, 0) is 30.3 Å². The first-order valence-electron chi connectivity index (χ1n) is 9.18. The van der Waals surface area contributed by atoms with Crippen LogP contribution in [0.15, 0.2) is 47.4 Å². The molecule has 8 heteroatoms. The van der Waals surface area contributed by atoms with Gasteiger partial charge in [0.2, 0.25) is 11.5 Å². The number of nitrogens with one attached hydrogen (secondary N) is 2. The van der Waals surface area contributed by atoms with Gasteiger partial charge >= 0.3 is 0 Å². The Morgan fingerprint density at radius 3 is 2.50 bits per heavy atom. The Hall–Kier alpha value is -2.80. The summed E-state index contributed by atoms with van der Waals surface area (Å²) in [5, 5.41) is 3.36. The van der Waals surface area contributed by atoms with E-state index in [2.05, 4.69) is 10.3 Å². The number of rotatable bonds is 6. The highest BCUT2D eigenvalue weighted by atomic mass is 35.5. The van der Waals surface area contributed by atoms with Gasteiger partial charge in [-0.1, -0.05) is 11.6 Å². The van der Waals surface area contributed by atoms with E-state index in [4.69, 9.17) is 16.3 Å². The van der Waals surface area contributed by atoms with E-state index >= 15 is 0 Å². The zero-order valence-electron chi connectivity index (χ0n) is 15.3. The Bertz CT molecular complexity index is 853. The number of carbonyl (C=O) groups excluding carboxylic acids is 2. The third-order valence-electron chi connectivity index (χ3n) is 4.58. The number of aromatic amines is 1. The molecule has 2 amide bonds. The molecule has 2 N–H and O–H groups in total. The summed E-state index contributed by atoms with van der Waals surface area (Å²) in [6, 6.07) is 9.99. The number of benzene rings is 1. The lowest BCUT2D eigenvalue weighted by Gasteiger charge is -2.32. The highest BCUT2D eigenvalue weighted by molar-refractivity contribution is 6.30. The molecule has 1 aliphatic rings. The van der Waals surface area contributed by atoms with E-state index < -0.39 is 0 Å². The van der Waals surface area contributed by atoms with Crippen molar-refractivity contribution in [2.75, 3.05) is 19.6 Å². The average molecular weight is 404 g/mol. The smallest absolute Gasteiger partial charge is 0.252 e. The molecule has 0 bridgehead atoms. The number of piperidine rings is 1. The molecule has 1 saturated heterocycles. The second kappa shape index (κ2) is 9.41. The fourth-order valence-electron chi connectivity index (χ4n) is 3.02. The average Bonchev–Trinajstić information content (AvgIpc) is 2.70. The summed E-state index contributed by atoms with van der Waals surface area (Å²) in [4.78, 5) is 39.6. The maximum atomic E-state index is 12.3. The molecule has 2 heterocycles. The maximum absolute atomic E-state index is 12.3. The molecule has 0 spiro atoms. The van der Waals surface area contributed by atoms with Crippen LogP contribution >= 0.6 is 11.6 Å². The number of amides is 2. The van der Waals surface area contributed by atoms with E-state index in [0.717, 1.165) is 18.6 Å². The van der Waals surface area contributed by atoms with Gasteiger partial charge in [0, 0.05) is 56.2 Å². The predicted molar refractivity (Wildman–Crippen MR) is 106 cm³/mol. The van der Waals surface area contributed by atoms with Crippen LogP contribution in [-0.2, 0) is 4.79 Å². The Morgan fingerprint density at radius 1 is 1.14 bits per heavy atom. The van der Waals surface area contributed by atoms with Crippen LogP contribution in [0.4, 0.5) is 0 Å². The van der Waals surface area contributed by atoms with Crippen LogP contribution in [-0.4, -0.2) is 47.4 Å². The standard InChI is InChI=1S/C20H22ClN3O4/c21-15-2-4-16(5-3-15)28-17-8-11-24(12-9-17)19(26)7-10-22-20(27)14-1-6-18(25)23-13-14/h1-6,13,17H,7-12H2,(H,22,27)(H,23,25). The molecule has 0 atom stereocenters. The van der Waals surface area contributed by atoms with Crippen molar-refractivity contribution < 1.29 is 14.3 Å². The van der Waals surface area contributed by atoms with E-state index in [1.54, 1.807) is 17.0 Å². The van der Waals surface area contributed by atoms with Crippen LogP contribution in [0.3, 0.4) is 0 Å². The van der Waals surface area contributed by atoms with Gasteiger partial charge in [0.1, 0.15) is 11.9 Å².